The average Bonchev–Trinajstić information content (AvgIpc) is 2.33. The molecular weight excluding hydrogens is 252 g/mol. The Balaban J connectivity index is 2.54. The van der Waals surface area contributed by atoms with E-state index in [9.17, 15) is 9.90 Å². The van der Waals surface area contributed by atoms with Gasteiger partial charge in [0.05, 0.1) is 10.6 Å². The first-order valence-corrected chi connectivity index (χ1v) is 5.69. The molecule has 0 saturated heterocycles. The maximum absolute atomic E-state index is 11.0. The van der Waals surface area contributed by atoms with E-state index in [1.54, 1.807) is 37.3 Å². The van der Waals surface area contributed by atoms with Gasteiger partial charge in [0.15, 0.2) is 0 Å². The zero-order valence-corrected chi connectivity index (χ0v) is 10.4. The molecule has 0 saturated carbocycles. The highest BCUT2D eigenvalue weighted by molar-refractivity contribution is 6.33. The maximum Gasteiger partial charge on any atom is 0.337 e. The predicted octanol–water partition coefficient (Wildman–Crippen LogP) is 3.72. The fourth-order valence-electron chi connectivity index (χ4n) is 1.70. The van der Waals surface area contributed by atoms with Crippen LogP contribution in [-0.2, 0) is 0 Å². The van der Waals surface area contributed by atoms with Crippen LogP contribution in [0.4, 0.5) is 0 Å². The minimum Gasteiger partial charge on any atom is -0.508 e. The standard InChI is InChI=1S/C14H11ClO3/c1-8-6-9(3-5-13(8)16)10-2-4-12(15)11(7-10)14(17)18/h2-7,16H,1H3,(H,17,18). The van der Waals surface area contributed by atoms with Gasteiger partial charge in [-0.15, -0.1) is 0 Å². The molecule has 0 amide bonds. The zero-order chi connectivity index (χ0) is 13.3. The summed E-state index contributed by atoms with van der Waals surface area (Å²) in [5.41, 5.74) is 2.39. The lowest BCUT2D eigenvalue weighted by molar-refractivity contribution is 0.0697. The third-order valence-electron chi connectivity index (χ3n) is 2.73. The maximum atomic E-state index is 11.0. The van der Waals surface area contributed by atoms with Crippen LogP contribution in [-0.4, -0.2) is 16.2 Å². The van der Waals surface area contributed by atoms with Gasteiger partial charge in [0.1, 0.15) is 5.75 Å². The first-order valence-electron chi connectivity index (χ1n) is 5.32. The zero-order valence-electron chi connectivity index (χ0n) is 9.64. The number of hydrogen-bond acceptors (Lipinski definition) is 2. The Labute approximate surface area is 109 Å². The number of benzene rings is 2. The Hall–Kier alpha value is -2.00. The largest absolute Gasteiger partial charge is 0.508 e. The average molecular weight is 263 g/mol. The highest BCUT2D eigenvalue weighted by Gasteiger charge is 2.10. The minimum atomic E-state index is -1.06. The van der Waals surface area contributed by atoms with E-state index >= 15 is 0 Å². The summed E-state index contributed by atoms with van der Waals surface area (Å²) in [7, 11) is 0. The number of hydrogen-bond donors (Lipinski definition) is 2. The van der Waals surface area contributed by atoms with Crippen molar-refractivity contribution in [3.8, 4) is 16.9 Å². The number of carbonyl (C=O) groups is 1. The summed E-state index contributed by atoms with van der Waals surface area (Å²) in [6, 6.07) is 9.95. The first-order chi connectivity index (χ1) is 8.49. The number of carboxylic acids is 1. The summed E-state index contributed by atoms with van der Waals surface area (Å²) in [6.45, 7) is 1.78. The van der Waals surface area contributed by atoms with Gasteiger partial charge in [-0.25, -0.2) is 4.79 Å². The number of phenolic OH excluding ortho intramolecular Hbond substituents is 1. The molecule has 0 unspecified atom stereocenters. The van der Waals surface area contributed by atoms with E-state index in [1.165, 1.54) is 6.07 Å². The molecule has 2 N–H and O–H groups in total. The molecule has 3 nitrogen and oxygen atoms in total. The van der Waals surface area contributed by atoms with Crippen LogP contribution in [0.2, 0.25) is 5.02 Å². The van der Waals surface area contributed by atoms with Crippen LogP contribution in [0.1, 0.15) is 15.9 Å². The Kier molecular flexibility index (Phi) is 3.26. The molecule has 0 radical (unpaired) electrons. The highest BCUT2D eigenvalue weighted by Crippen LogP contribution is 2.28. The lowest BCUT2D eigenvalue weighted by Gasteiger charge is -2.07. The Morgan fingerprint density at radius 2 is 1.72 bits per heavy atom. The second kappa shape index (κ2) is 4.70. The molecule has 0 aliphatic carbocycles. The van der Waals surface area contributed by atoms with Crippen molar-refractivity contribution in [1.29, 1.82) is 0 Å². The minimum absolute atomic E-state index is 0.0693. The molecule has 4 heteroatoms. The molecule has 0 heterocycles. The van der Waals surface area contributed by atoms with Crippen molar-refractivity contribution in [1.82, 2.24) is 0 Å². The van der Waals surface area contributed by atoms with E-state index in [4.69, 9.17) is 16.7 Å². The van der Waals surface area contributed by atoms with Gasteiger partial charge in [-0.05, 0) is 47.9 Å². The number of aryl methyl sites for hydroxylation is 1. The van der Waals surface area contributed by atoms with Gasteiger partial charge in [-0.2, -0.15) is 0 Å². The van der Waals surface area contributed by atoms with Crippen LogP contribution >= 0.6 is 11.6 Å². The van der Waals surface area contributed by atoms with E-state index < -0.39 is 5.97 Å². The molecule has 0 aliphatic rings. The summed E-state index contributed by atoms with van der Waals surface area (Å²) in [5.74, 6) is -0.844. The van der Waals surface area contributed by atoms with Crippen molar-refractivity contribution < 1.29 is 15.0 Å². The molecule has 0 aromatic heterocycles. The second-order valence-corrected chi connectivity index (χ2v) is 4.41. The van der Waals surface area contributed by atoms with Crippen molar-refractivity contribution in [3.05, 3.63) is 52.5 Å². The quantitative estimate of drug-likeness (QED) is 0.867. The fraction of sp³-hybridized carbons (Fsp3) is 0.0714. The number of carboxylic acid groups (broad SMARTS) is 1. The third kappa shape index (κ3) is 2.31. The predicted molar refractivity (Wildman–Crippen MR) is 70.2 cm³/mol. The number of halogens is 1. The molecule has 2 rings (SSSR count). The Morgan fingerprint density at radius 1 is 1.11 bits per heavy atom. The fourth-order valence-corrected chi connectivity index (χ4v) is 1.90. The lowest BCUT2D eigenvalue weighted by Crippen LogP contribution is -1.97. The van der Waals surface area contributed by atoms with Crippen LogP contribution in [0, 0.1) is 6.92 Å². The van der Waals surface area contributed by atoms with Crippen LogP contribution in [0.5, 0.6) is 5.75 Å². The van der Waals surface area contributed by atoms with E-state index in [-0.39, 0.29) is 16.3 Å². The SMILES string of the molecule is Cc1cc(-c2ccc(Cl)c(C(=O)O)c2)ccc1O. The number of rotatable bonds is 2. The molecular formula is C14H11ClO3. The van der Waals surface area contributed by atoms with Crippen molar-refractivity contribution in [2.75, 3.05) is 0 Å². The second-order valence-electron chi connectivity index (χ2n) is 4.00. The topological polar surface area (TPSA) is 57.5 Å². The van der Waals surface area contributed by atoms with Crippen molar-refractivity contribution in [2.24, 2.45) is 0 Å². The number of aromatic hydroxyl groups is 1. The smallest absolute Gasteiger partial charge is 0.337 e. The normalized spacial score (nSPS) is 10.3. The molecule has 0 atom stereocenters. The number of aromatic carboxylic acids is 1. The van der Waals surface area contributed by atoms with E-state index in [0.29, 0.717) is 0 Å². The summed E-state index contributed by atoms with van der Waals surface area (Å²) in [5, 5.41) is 18.7. The molecule has 0 fully saturated rings. The first kappa shape index (κ1) is 12.5. The van der Waals surface area contributed by atoms with Crippen LogP contribution in [0.15, 0.2) is 36.4 Å². The van der Waals surface area contributed by atoms with Gasteiger partial charge in [0.2, 0.25) is 0 Å². The molecule has 2 aromatic carbocycles. The number of phenols is 1. The Bertz CT molecular complexity index is 620. The highest BCUT2D eigenvalue weighted by atomic mass is 35.5. The van der Waals surface area contributed by atoms with Gasteiger partial charge in [-0.3, -0.25) is 0 Å². The molecule has 0 bridgehead atoms. The molecule has 92 valence electrons. The summed E-state index contributed by atoms with van der Waals surface area (Å²) in [4.78, 5) is 11.0. The molecule has 2 aromatic rings. The van der Waals surface area contributed by atoms with Crippen LogP contribution < -0.4 is 0 Å². The summed E-state index contributed by atoms with van der Waals surface area (Å²) >= 11 is 5.81. The molecule has 18 heavy (non-hydrogen) atoms. The third-order valence-corrected chi connectivity index (χ3v) is 3.06. The van der Waals surface area contributed by atoms with Crippen LogP contribution in [0.3, 0.4) is 0 Å². The van der Waals surface area contributed by atoms with Gasteiger partial charge < -0.3 is 10.2 Å². The van der Waals surface area contributed by atoms with Gasteiger partial charge in [0.25, 0.3) is 0 Å². The van der Waals surface area contributed by atoms with E-state index in [0.717, 1.165) is 16.7 Å². The molecule has 0 spiro atoms. The van der Waals surface area contributed by atoms with Crippen LogP contribution in [0.25, 0.3) is 11.1 Å². The lowest BCUT2D eigenvalue weighted by atomic mass is 10.0. The summed E-state index contributed by atoms with van der Waals surface area (Å²) in [6.07, 6.45) is 0. The molecule has 0 aliphatic heterocycles. The monoisotopic (exact) mass is 262 g/mol. The van der Waals surface area contributed by atoms with Gasteiger partial charge in [-0.1, -0.05) is 23.7 Å². The van der Waals surface area contributed by atoms with E-state index in [1.807, 2.05) is 0 Å². The van der Waals surface area contributed by atoms with Gasteiger partial charge in [0, 0.05) is 0 Å². The van der Waals surface area contributed by atoms with Crippen molar-refractivity contribution in [2.45, 2.75) is 6.92 Å². The van der Waals surface area contributed by atoms with E-state index in [2.05, 4.69) is 0 Å². The Morgan fingerprint density at radius 3 is 2.33 bits per heavy atom. The summed E-state index contributed by atoms with van der Waals surface area (Å²) < 4.78 is 0. The van der Waals surface area contributed by atoms with Gasteiger partial charge >= 0.3 is 5.97 Å². The van der Waals surface area contributed by atoms with Crippen molar-refractivity contribution >= 4 is 17.6 Å². The van der Waals surface area contributed by atoms with Crippen molar-refractivity contribution in [3.63, 3.8) is 0 Å².